The Balaban J connectivity index is 1.96. The van der Waals surface area contributed by atoms with Gasteiger partial charge in [0.25, 0.3) is 0 Å². The summed E-state index contributed by atoms with van der Waals surface area (Å²) in [4.78, 5) is 24.3. The number of anilines is 1. The van der Waals surface area contributed by atoms with Gasteiger partial charge in [0.1, 0.15) is 0 Å². The lowest BCUT2D eigenvalue weighted by molar-refractivity contribution is -0.136. The molecule has 4 N–H and O–H groups in total. The van der Waals surface area contributed by atoms with E-state index in [1.807, 2.05) is 30.3 Å². The van der Waals surface area contributed by atoms with Gasteiger partial charge in [-0.3, -0.25) is 9.59 Å². The minimum Gasteiger partial charge on any atom is -0.396 e. The average Bonchev–Trinajstić information content (AvgIpc) is 2.65. The lowest BCUT2D eigenvalue weighted by Gasteiger charge is -2.19. The Hall–Kier alpha value is -2.70. The molecule has 0 aliphatic heterocycles. The second kappa shape index (κ2) is 9.30. The van der Waals surface area contributed by atoms with Crippen LogP contribution >= 0.6 is 0 Å². The standard InChI is InChI=1S/C21H26N2O4/c1-21(2,27)17-9-6-10-18(13-17)23-20(26)19(25)22-14-16(11-12-24)15-7-4-3-5-8-15/h3-10,13,16,24,27H,11-12,14H2,1-2H3,(H,22,25)(H,23,26)/t16-/m1/s1. The van der Waals surface area contributed by atoms with E-state index in [-0.39, 0.29) is 19.1 Å². The summed E-state index contributed by atoms with van der Waals surface area (Å²) in [6.45, 7) is 3.53. The molecule has 0 bridgehead atoms. The second-order valence-electron chi connectivity index (χ2n) is 6.92. The highest BCUT2D eigenvalue weighted by Gasteiger charge is 2.19. The lowest BCUT2D eigenvalue weighted by atomic mass is 9.96. The van der Waals surface area contributed by atoms with Gasteiger partial charge in [0.05, 0.1) is 5.60 Å². The molecular formula is C21H26N2O4. The SMILES string of the molecule is CC(C)(O)c1cccc(NC(=O)C(=O)NC[C@@H](CCO)c2ccccc2)c1. The zero-order valence-electron chi connectivity index (χ0n) is 15.6. The highest BCUT2D eigenvalue weighted by molar-refractivity contribution is 6.39. The lowest BCUT2D eigenvalue weighted by Crippen LogP contribution is -2.37. The van der Waals surface area contributed by atoms with Gasteiger partial charge in [-0.25, -0.2) is 0 Å². The van der Waals surface area contributed by atoms with Gasteiger partial charge < -0.3 is 20.8 Å². The molecule has 144 valence electrons. The Kier molecular flexibility index (Phi) is 7.10. The Morgan fingerprint density at radius 1 is 1.04 bits per heavy atom. The first kappa shape index (κ1) is 20.6. The molecule has 27 heavy (non-hydrogen) atoms. The van der Waals surface area contributed by atoms with Gasteiger partial charge in [0.15, 0.2) is 0 Å². The van der Waals surface area contributed by atoms with Gasteiger partial charge in [-0.05, 0) is 43.5 Å². The van der Waals surface area contributed by atoms with Crippen molar-refractivity contribution in [2.75, 3.05) is 18.5 Å². The molecule has 6 heteroatoms. The number of nitrogens with one attached hydrogen (secondary N) is 2. The van der Waals surface area contributed by atoms with Gasteiger partial charge in [-0.15, -0.1) is 0 Å². The fraction of sp³-hybridized carbons (Fsp3) is 0.333. The summed E-state index contributed by atoms with van der Waals surface area (Å²) in [5, 5.41) is 24.5. The molecule has 0 aromatic heterocycles. The minimum absolute atomic E-state index is 0.00857. The van der Waals surface area contributed by atoms with Crippen LogP contribution in [0.25, 0.3) is 0 Å². The van der Waals surface area contributed by atoms with Crippen molar-refractivity contribution in [3.63, 3.8) is 0 Å². The summed E-state index contributed by atoms with van der Waals surface area (Å²) in [7, 11) is 0. The van der Waals surface area contributed by atoms with Crippen LogP contribution in [-0.2, 0) is 15.2 Å². The number of aliphatic hydroxyl groups is 2. The summed E-state index contributed by atoms with van der Waals surface area (Å²) >= 11 is 0. The van der Waals surface area contributed by atoms with Gasteiger partial charge in [0, 0.05) is 24.8 Å². The van der Waals surface area contributed by atoms with Crippen molar-refractivity contribution in [2.24, 2.45) is 0 Å². The van der Waals surface area contributed by atoms with Crippen LogP contribution < -0.4 is 10.6 Å². The molecular weight excluding hydrogens is 344 g/mol. The van der Waals surface area contributed by atoms with Crippen LogP contribution in [0.5, 0.6) is 0 Å². The average molecular weight is 370 g/mol. The fourth-order valence-corrected chi connectivity index (χ4v) is 2.73. The zero-order valence-corrected chi connectivity index (χ0v) is 15.6. The van der Waals surface area contributed by atoms with Crippen LogP contribution in [0.3, 0.4) is 0 Å². The predicted octanol–water partition coefficient (Wildman–Crippen LogP) is 2.13. The maximum absolute atomic E-state index is 12.1. The molecule has 1 atom stereocenters. The summed E-state index contributed by atoms with van der Waals surface area (Å²) in [5.41, 5.74) is 1.01. The number of carbonyl (C=O) groups is 2. The van der Waals surface area contributed by atoms with E-state index in [0.29, 0.717) is 17.7 Å². The third-order valence-electron chi connectivity index (χ3n) is 4.29. The Bertz CT molecular complexity index is 769. The Morgan fingerprint density at radius 3 is 2.37 bits per heavy atom. The summed E-state index contributed by atoms with van der Waals surface area (Å²) < 4.78 is 0. The molecule has 0 radical (unpaired) electrons. The van der Waals surface area contributed by atoms with Crippen LogP contribution in [0.4, 0.5) is 5.69 Å². The van der Waals surface area contributed by atoms with Crippen molar-refractivity contribution < 1.29 is 19.8 Å². The number of hydrogen-bond acceptors (Lipinski definition) is 4. The molecule has 2 rings (SSSR count). The number of benzene rings is 2. The first-order valence-corrected chi connectivity index (χ1v) is 8.89. The van der Waals surface area contributed by atoms with Crippen molar-refractivity contribution >= 4 is 17.5 Å². The van der Waals surface area contributed by atoms with E-state index in [4.69, 9.17) is 0 Å². The van der Waals surface area contributed by atoms with E-state index in [1.165, 1.54) is 0 Å². The number of amides is 2. The van der Waals surface area contributed by atoms with E-state index in [0.717, 1.165) is 5.56 Å². The normalized spacial score (nSPS) is 12.3. The number of hydrogen-bond donors (Lipinski definition) is 4. The molecule has 0 heterocycles. The summed E-state index contributed by atoms with van der Waals surface area (Å²) in [6.07, 6.45) is 0.486. The Morgan fingerprint density at radius 2 is 1.74 bits per heavy atom. The summed E-state index contributed by atoms with van der Waals surface area (Å²) in [6, 6.07) is 16.3. The van der Waals surface area contributed by atoms with E-state index >= 15 is 0 Å². The first-order chi connectivity index (χ1) is 12.8. The molecule has 2 aromatic rings. The second-order valence-corrected chi connectivity index (χ2v) is 6.92. The van der Waals surface area contributed by atoms with E-state index in [9.17, 15) is 19.8 Å². The quantitative estimate of drug-likeness (QED) is 0.561. The van der Waals surface area contributed by atoms with Gasteiger partial charge >= 0.3 is 11.8 Å². The van der Waals surface area contributed by atoms with Crippen LogP contribution in [0, 0.1) is 0 Å². The van der Waals surface area contributed by atoms with Crippen molar-refractivity contribution in [2.45, 2.75) is 31.8 Å². The molecule has 0 saturated carbocycles. The monoisotopic (exact) mass is 370 g/mol. The molecule has 2 amide bonds. The van der Waals surface area contributed by atoms with Crippen LogP contribution in [0.15, 0.2) is 54.6 Å². The predicted molar refractivity (Wildman–Crippen MR) is 104 cm³/mol. The maximum Gasteiger partial charge on any atom is 0.313 e. The molecule has 6 nitrogen and oxygen atoms in total. The molecule has 0 unspecified atom stereocenters. The third kappa shape index (κ3) is 6.20. The molecule has 2 aromatic carbocycles. The van der Waals surface area contributed by atoms with E-state index < -0.39 is 17.4 Å². The molecule has 0 fully saturated rings. The largest absolute Gasteiger partial charge is 0.396 e. The number of rotatable bonds is 7. The van der Waals surface area contributed by atoms with Crippen LogP contribution in [0.1, 0.15) is 37.3 Å². The van der Waals surface area contributed by atoms with Crippen LogP contribution in [-0.4, -0.2) is 35.2 Å². The molecule has 0 aliphatic rings. The summed E-state index contributed by atoms with van der Waals surface area (Å²) in [5.74, 6) is -1.60. The van der Waals surface area contributed by atoms with Crippen molar-refractivity contribution in [1.29, 1.82) is 0 Å². The molecule has 0 aliphatic carbocycles. The maximum atomic E-state index is 12.1. The highest BCUT2D eigenvalue weighted by Crippen LogP contribution is 2.22. The van der Waals surface area contributed by atoms with Crippen LogP contribution in [0.2, 0.25) is 0 Å². The van der Waals surface area contributed by atoms with Gasteiger partial charge in [0.2, 0.25) is 0 Å². The smallest absolute Gasteiger partial charge is 0.313 e. The topological polar surface area (TPSA) is 98.7 Å². The minimum atomic E-state index is -1.05. The van der Waals surface area contributed by atoms with E-state index in [1.54, 1.807) is 38.1 Å². The molecule has 0 saturated heterocycles. The molecule has 0 spiro atoms. The van der Waals surface area contributed by atoms with Gasteiger partial charge in [-0.2, -0.15) is 0 Å². The number of aliphatic hydroxyl groups excluding tert-OH is 1. The van der Waals surface area contributed by atoms with Gasteiger partial charge in [-0.1, -0.05) is 42.5 Å². The van der Waals surface area contributed by atoms with Crippen molar-refractivity contribution in [3.8, 4) is 0 Å². The third-order valence-corrected chi connectivity index (χ3v) is 4.29. The highest BCUT2D eigenvalue weighted by atomic mass is 16.3. The van der Waals surface area contributed by atoms with Crippen molar-refractivity contribution in [3.05, 3.63) is 65.7 Å². The zero-order chi connectivity index (χ0) is 19.9. The fourth-order valence-electron chi connectivity index (χ4n) is 2.73. The first-order valence-electron chi connectivity index (χ1n) is 8.89. The van der Waals surface area contributed by atoms with Crippen molar-refractivity contribution in [1.82, 2.24) is 5.32 Å². The Labute approximate surface area is 159 Å². The number of carbonyl (C=O) groups excluding carboxylic acids is 2. The van der Waals surface area contributed by atoms with E-state index in [2.05, 4.69) is 10.6 Å².